The Labute approximate surface area is 66.7 Å². The summed E-state index contributed by atoms with van der Waals surface area (Å²) in [5.41, 5.74) is 0.703. The van der Waals surface area contributed by atoms with E-state index in [1.165, 1.54) is 25.3 Å². The highest BCUT2D eigenvalue weighted by molar-refractivity contribution is 5.86. The molecule has 2 heteroatoms. The summed E-state index contributed by atoms with van der Waals surface area (Å²) in [6, 6.07) is 0. The molecular formula is C9H13NO. The van der Waals surface area contributed by atoms with Crippen molar-refractivity contribution in [3.63, 3.8) is 0 Å². The van der Waals surface area contributed by atoms with Gasteiger partial charge in [0.25, 0.3) is 0 Å². The van der Waals surface area contributed by atoms with Crippen LogP contribution < -0.4 is 5.32 Å². The molecule has 2 aliphatic carbocycles. The largest absolute Gasteiger partial charge is 0.352 e. The van der Waals surface area contributed by atoms with Crippen molar-refractivity contribution in [2.75, 3.05) is 6.54 Å². The average molecular weight is 151 g/mol. The highest BCUT2D eigenvalue weighted by atomic mass is 16.1. The molecule has 0 heterocycles. The fourth-order valence-corrected chi connectivity index (χ4v) is 1.79. The Morgan fingerprint density at radius 1 is 1.73 bits per heavy atom. The van der Waals surface area contributed by atoms with E-state index in [-0.39, 0.29) is 5.91 Å². The minimum absolute atomic E-state index is 0.0345. The first-order chi connectivity index (χ1) is 5.27. The molecule has 0 radical (unpaired) electrons. The third-order valence-electron chi connectivity index (χ3n) is 2.96. The van der Waals surface area contributed by atoms with Gasteiger partial charge < -0.3 is 5.32 Å². The number of hydrogen-bond donors (Lipinski definition) is 1. The van der Waals surface area contributed by atoms with Gasteiger partial charge in [-0.25, -0.2) is 0 Å². The SMILES string of the molecule is C=CC(=O)NCC1CC12CC2. The molecule has 0 aromatic rings. The second-order valence-electron chi connectivity index (χ2n) is 3.71. The smallest absolute Gasteiger partial charge is 0.243 e. The standard InChI is InChI=1S/C9H13NO/c1-2-8(11)10-6-7-5-9(7)3-4-9/h2,7H,1,3-6H2,(H,10,11). The first-order valence-corrected chi connectivity index (χ1v) is 4.17. The Morgan fingerprint density at radius 2 is 2.45 bits per heavy atom. The van der Waals surface area contributed by atoms with Gasteiger partial charge in [-0.15, -0.1) is 0 Å². The number of amides is 1. The molecule has 2 fully saturated rings. The molecule has 0 aromatic heterocycles. The third-order valence-corrected chi connectivity index (χ3v) is 2.96. The van der Waals surface area contributed by atoms with E-state index >= 15 is 0 Å². The van der Waals surface area contributed by atoms with E-state index in [9.17, 15) is 4.79 Å². The van der Waals surface area contributed by atoms with E-state index in [0.29, 0.717) is 5.41 Å². The third kappa shape index (κ3) is 1.17. The van der Waals surface area contributed by atoms with E-state index < -0.39 is 0 Å². The number of carbonyl (C=O) groups is 1. The van der Waals surface area contributed by atoms with Crippen LogP contribution in [-0.4, -0.2) is 12.5 Å². The predicted molar refractivity (Wildman–Crippen MR) is 43.0 cm³/mol. The Bertz CT molecular complexity index is 206. The lowest BCUT2D eigenvalue weighted by atomic mass is 10.3. The molecule has 1 unspecified atom stereocenters. The zero-order valence-electron chi connectivity index (χ0n) is 6.60. The molecule has 1 N–H and O–H groups in total. The highest BCUT2D eigenvalue weighted by Gasteiger charge is 2.62. The topological polar surface area (TPSA) is 29.1 Å². The molecule has 2 nitrogen and oxygen atoms in total. The van der Waals surface area contributed by atoms with Crippen molar-refractivity contribution in [3.8, 4) is 0 Å². The van der Waals surface area contributed by atoms with E-state index in [2.05, 4.69) is 11.9 Å². The van der Waals surface area contributed by atoms with Crippen molar-refractivity contribution < 1.29 is 4.79 Å². The minimum Gasteiger partial charge on any atom is -0.352 e. The summed E-state index contributed by atoms with van der Waals surface area (Å²) in [6.45, 7) is 4.26. The summed E-state index contributed by atoms with van der Waals surface area (Å²) in [6.07, 6.45) is 5.45. The van der Waals surface area contributed by atoms with Crippen molar-refractivity contribution >= 4 is 5.91 Å². The maximum absolute atomic E-state index is 10.7. The van der Waals surface area contributed by atoms with E-state index in [1.54, 1.807) is 0 Å². The minimum atomic E-state index is -0.0345. The molecule has 60 valence electrons. The molecule has 0 saturated heterocycles. The fraction of sp³-hybridized carbons (Fsp3) is 0.667. The van der Waals surface area contributed by atoms with Gasteiger partial charge in [0, 0.05) is 6.54 Å². The summed E-state index contributed by atoms with van der Waals surface area (Å²) < 4.78 is 0. The summed E-state index contributed by atoms with van der Waals surface area (Å²) in [4.78, 5) is 10.7. The van der Waals surface area contributed by atoms with E-state index in [4.69, 9.17) is 0 Å². The van der Waals surface area contributed by atoms with Gasteiger partial charge in [-0.1, -0.05) is 6.58 Å². The van der Waals surface area contributed by atoms with Crippen LogP contribution in [0.25, 0.3) is 0 Å². The molecule has 0 aromatic carbocycles. The summed E-state index contributed by atoms with van der Waals surface area (Å²) >= 11 is 0. The number of nitrogens with one attached hydrogen (secondary N) is 1. The first kappa shape index (κ1) is 6.89. The predicted octanol–water partition coefficient (Wildman–Crippen LogP) is 1.09. The van der Waals surface area contributed by atoms with Crippen LogP contribution in [0.2, 0.25) is 0 Å². The second-order valence-corrected chi connectivity index (χ2v) is 3.71. The summed E-state index contributed by atoms with van der Waals surface area (Å²) in [7, 11) is 0. The lowest BCUT2D eigenvalue weighted by molar-refractivity contribution is -0.116. The van der Waals surface area contributed by atoms with Crippen LogP contribution in [-0.2, 0) is 4.79 Å². The van der Waals surface area contributed by atoms with Crippen molar-refractivity contribution in [2.24, 2.45) is 11.3 Å². The van der Waals surface area contributed by atoms with Crippen LogP contribution >= 0.6 is 0 Å². The van der Waals surface area contributed by atoms with Crippen LogP contribution in [0.3, 0.4) is 0 Å². The zero-order valence-corrected chi connectivity index (χ0v) is 6.60. The van der Waals surface area contributed by atoms with Gasteiger partial charge in [-0.05, 0) is 36.7 Å². The normalized spacial score (nSPS) is 29.6. The Kier molecular flexibility index (Phi) is 1.31. The molecule has 2 rings (SSSR count). The number of hydrogen-bond acceptors (Lipinski definition) is 1. The molecule has 1 atom stereocenters. The highest BCUT2D eigenvalue weighted by Crippen LogP contribution is 2.70. The van der Waals surface area contributed by atoms with E-state index in [0.717, 1.165) is 12.5 Å². The van der Waals surface area contributed by atoms with Crippen LogP contribution in [0.15, 0.2) is 12.7 Å². The quantitative estimate of drug-likeness (QED) is 0.601. The maximum atomic E-state index is 10.7. The van der Waals surface area contributed by atoms with Crippen LogP contribution in [0.1, 0.15) is 19.3 Å². The van der Waals surface area contributed by atoms with Gasteiger partial charge in [-0.2, -0.15) is 0 Å². The van der Waals surface area contributed by atoms with Crippen molar-refractivity contribution in [2.45, 2.75) is 19.3 Å². The Balaban J connectivity index is 1.68. The van der Waals surface area contributed by atoms with E-state index in [1.807, 2.05) is 0 Å². The molecule has 2 saturated carbocycles. The van der Waals surface area contributed by atoms with Gasteiger partial charge >= 0.3 is 0 Å². The molecule has 11 heavy (non-hydrogen) atoms. The number of carbonyl (C=O) groups excluding carboxylic acids is 1. The average Bonchev–Trinajstić information content (AvgIpc) is 2.90. The maximum Gasteiger partial charge on any atom is 0.243 e. The van der Waals surface area contributed by atoms with Crippen LogP contribution in [0, 0.1) is 11.3 Å². The summed E-state index contributed by atoms with van der Waals surface area (Å²) in [5.74, 6) is 0.749. The van der Waals surface area contributed by atoms with Crippen molar-refractivity contribution in [3.05, 3.63) is 12.7 Å². The van der Waals surface area contributed by atoms with Crippen LogP contribution in [0.5, 0.6) is 0 Å². The molecular weight excluding hydrogens is 138 g/mol. The second kappa shape index (κ2) is 2.10. The molecule has 1 spiro atoms. The Hall–Kier alpha value is -0.790. The molecule has 0 bridgehead atoms. The Morgan fingerprint density at radius 3 is 2.91 bits per heavy atom. The van der Waals surface area contributed by atoms with Gasteiger partial charge in [0.15, 0.2) is 0 Å². The van der Waals surface area contributed by atoms with Gasteiger partial charge in [0.05, 0.1) is 0 Å². The number of rotatable bonds is 3. The van der Waals surface area contributed by atoms with Gasteiger partial charge in [0.1, 0.15) is 0 Å². The lowest BCUT2D eigenvalue weighted by Crippen LogP contribution is -2.23. The van der Waals surface area contributed by atoms with Crippen LogP contribution in [0.4, 0.5) is 0 Å². The summed E-state index contributed by atoms with van der Waals surface area (Å²) in [5, 5.41) is 2.83. The lowest BCUT2D eigenvalue weighted by Gasteiger charge is -1.98. The molecule has 2 aliphatic rings. The zero-order chi connectivity index (χ0) is 7.90. The van der Waals surface area contributed by atoms with Crippen molar-refractivity contribution in [1.82, 2.24) is 5.32 Å². The van der Waals surface area contributed by atoms with Gasteiger partial charge in [0.2, 0.25) is 5.91 Å². The first-order valence-electron chi connectivity index (χ1n) is 4.17. The van der Waals surface area contributed by atoms with Crippen molar-refractivity contribution in [1.29, 1.82) is 0 Å². The molecule has 0 aliphatic heterocycles. The fourth-order valence-electron chi connectivity index (χ4n) is 1.79. The molecule has 1 amide bonds. The van der Waals surface area contributed by atoms with Gasteiger partial charge in [-0.3, -0.25) is 4.79 Å². The monoisotopic (exact) mass is 151 g/mol.